The number of carbonyl (C=O) groups is 2. The van der Waals surface area contributed by atoms with Crippen molar-refractivity contribution in [1.82, 2.24) is 4.90 Å². The van der Waals surface area contributed by atoms with E-state index in [9.17, 15) is 14.0 Å². The molecule has 0 radical (unpaired) electrons. The minimum atomic E-state index is -0.626. The van der Waals surface area contributed by atoms with Crippen molar-refractivity contribution < 1.29 is 14.0 Å². The molecule has 1 aliphatic carbocycles. The fourth-order valence-corrected chi connectivity index (χ4v) is 3.00. The van der Waals surface area contributed by atoms with Gasteiger partial charge in [-0.3, -0.25) is 9.59 Å². The van der Waals surface area contributed by atoms with E-state index in [0.717, 1.165) is 5.56 Å². The predicted molar refractivity (Wildman–Crippen MR) is 95.4 cm³/mol. The molecule has 0 saturated heterocycles. The summed E-state index contributed by atoms with van der Waals surface area (Å²) in [5, 5.41) is 3.19. The predicted octanol–water partition coefficient (Wildman–Crippen LogP) is 3.85. The van der Waals surface area contributed by atoms with Gasteiger partial charge in [0.25, 0.3) is 5.91 Å². The maximum Gasteiger partial charge on any atom is 0.254 e. The van der Waals surface area contributed by atoms with Gasteiger partial charge in [-0.25, -0.2) is 4.39 Å². The minimum absolute atomic E-state index is 0.162. The standard InChI is InChI=1S/C19H18ClFN2O2/c1-23(2)17(24)15-11-14(7-8-16(15)20)22-18(25)19(9-10-19)12-3-5-13(21)6-4-12/h3-8,11H,9-10H2,1-2H3,(H,22,25). The Morgan fingerprint density at radius 1 is 1.12 bits per heavy atom. The van der Waals surface area contributed by atoms with E-state index < -0.39 is 5.41 Å². The molecule has 0 aliphatic heterocycles. The van der Waals surface area contributed by atoms with E-state index in [2.05, 4.69) is 5.32 Å². The second kappa shape index (κ2) is 6.48. The van der Waals surface area contributed by atoms with Gasteiger partial charge in [0.15, 0.2) is 0 Å². The van der Waals surface area contributed by atoms with Crippen molar-refractivity contribution in [2.45, 2.75) is 18.3 Å². The molecule has 2 aromatic rings. The first-order valence-corrected chi connectivity index (χ1v) is 8.30. The number of nitrogens with zero attached hydrogens (tertiary/aromatic N) is 1. The van der Waals surface area contributed by atoms with E-state index in [1.807, 2.05) is 0 Å². The van der Waals surface area contributed by atoms with Crippen LogP contribution >= 0.6 is 11.6 Å². The molecule has 130 valence electrons. The number of hydrogen-bond acceptors (Lipinski definition) is 2. The molecule has 6 heteroatoms. The Labute approximate surface area is 150 Å². The first-order chi connectivity index (χ1) is 11.8. The van der Waals surface area contributed by atoms with Gasteiger partial charge in [-0.05, 0) is 48.7 Å². The lowest BCUT2D eigenvalue weighted by molar-refractivity contribution is -0.118. The molecule has 0 bridgehead atoms. The normalized spacial score (nSPS) is 14.7. The summed E-state index contributed by atoms with van der Waals surface area (Å²) < 4.78 is 13.1. The summed E-state index contributed by atoms with van der Waals surface area (Å²) in [6.45, 7) is 0. The molecule has 1 saturated carbocycles. The van der Waals surface area contributed by atoms with Crippen LogP contribution in [0.15, 0.2) is 42.5 Å². The molecule has 0 unspecified atom stereocenters. The van der Waals surface area contributed by atoms with Gasteiger partial charge in [0, 0.05) is 19.8 Å². The first-order valence-electron chi connectivity index (χ1n) is 7.92. The third-order valence-electron chi connectivity index (χ3n) is 4.44. The molecule has 0 spiro atoms. The van der Waals surface area contributed by atoms with Crippen LogP contribution in [0.3, 0.4) is 0 Å². The van der Waals surface area contributed by atoms with Crippen LogP contribution in [-0.4, -0.2) is 30.8 Å². The molecule has 25 heavy (non-hydrogen) atoms. The molecule has 2 aromatic carbocycles. The quantitative estimate of drug-likeness (QED) is 0.900. The average molecular weight is 361 g/mol. The van der Waals surface area contributed by atoms with Gasteiger partial charge in [0.05, 0.1) is 16.0 Å². The minimum Gasteiger partial charge on any atom is -0.345 e. The molecule has 0 heterocycles. The Hall–Kier alpha value is -2.40. The van der Waals surface area contributed by atoms with Crippen LogP contribution in [-0.2, 0) is 10.2 Å². The number of anilines is 1. The number of hydrogen-bond donors (Lipinski definition) is 1. The highest BCUT2D eigenvalue weighted by Gasteiger charge is 2.51. The first kappa shape index (κ1) is 17.4. The van der Waals surface area contributed by atoms with Crippen LogP contribution in [0.4, 0.5) is 10.1 Å². The van der Waals surface area contributed by atoms with Crippen molar-refractivity contribution in [2.24, 2.45) is 0 Å². The number of amides is 2. The van der Waals surface area contributed by atoms with Gasteiger partial charge in [-0.15, -0.1) is 0 Å². The molecular formula is C19H18ClFN2O2. The van der Waals surface area contributed by atoms with Gasteiger partial charge in [0.1, 0.15) is 5.82 Å². The molecular weight excluding hydrogens is 343 g/mol. The van der Waals surface area contributed by atoms with Crippen LogP contribution in [0.2, 0.25) is 5.02 Å². The lowest BCUT2D eigenvalue weighted by Gasteiger charge is -2.17. The van der Waals surface area contributed by atoms with Gasteiger partial charge in [-0.2, -0.15) is 0 Å². The zero-order valence-corrected chi connectivity index (χ0v) is 14.7. The van der Waals surface area contributed by atoms with E-state index in [1.54, 1.807) is 44.4 Å². The summed E-state index contributed by atoms with van der Waals surface area (Å²) in [6.07, 6.45) is 1.42. The Bertz CT molecular complexity index is 830. The fraction of sp³-hybridized carbons (Fsp3) is 0.263. The highest BCUT2D eigenvalue weighted by molar-refractivity contribution is 6.34. The zero-order valence-electron chi connectivity index (χ0n) is 14.0. The topological polar surface area (TPSA) is 49.4 Å². The monoisotopic (exact) mass is 360 g/mol. The summed E-state index contributed by atoms with van der Waals surface area (Å²) >= 11 is 6.09. The molecule has 1 aliphatic rings. The summed E-state index contributed by atoms with van der Waals surface area (Å²) in [5.74, 6) is -0.727. The summed E-state index contributed by atoms with van der Waals surface area (Å²) in [5.41, 5.74) is 1.01. The largest absolute Gasteiger partial charge is 0.345 e. The molecule has 2 amide bonds. The SMILES string of the molecule is CN(C)C(=O)c1cc(NC(=O)C2(c3ccc(F)cc3)CC2)ccc1Cl. The van der Waals surface area contributed by atoms with Gasteiger partial charge >= 0.3 is 0 Å². The van der Waals surface area contributed by atoms with Crippen LogP contribution < -0.4 is 5.32 Å². The Balaban J connectivity index is 1.83. The van der Waals surface area contributed by atoms with E-state index in [0.29, 0.717) is 29.1 Å². The second-order valence-corrected chi connectivity index (χ2v) is 6.84. The maximum atomic E-state index is 13.1. The maximum absolute atomic E-state index is 13.1. The van der Waals surface area contributed by atoms with Crippen LogP contribution in [0.1, 0.15) is 28.8 Å². The van der Waals surface area contributed by atoms with Crippen molar-refractivity contribution in [3.05, 3.63) is 64.4 Å². The zero-order chi connectivity index (χ0) is 18.2. The lowest BCUT2D eigenvalue weighted by Crippen LogP contribution is -2.28. The summed E-state index contributed by atoms with van der Waals surface area (Å²) in [7, 11) is 3.27. The van der Waals surface area contributed by atoms with Crippen molar-refractivity contribution in [3.8, 4) is 0 Å². The van der Waals surface area contributed by atoms with Crippen molar-refractivity contribution in [1.29, 1.82) is 0 Å². The Morgan fingerprint density at radius 3 is 2.32 bits per heavy atom. The van der Waals surface area contributed by atoms with Crippen LogP contribution in [0, 0.1) is 5.82 Å². The molecule has 1 fully saturated rings. The van der Waals surface area contributed by atoms with Crippen LogP contribution in [0.5, 0.6) is 0 Å². The second-order valence-electron chi connectivity index (χ2n) is 6.44. The Morgan fingerprint density at radius 2 is 1.76 bits per heavy atom. The molecule has 0 atom stereocenters. The number of halogens is 2. The molecule has 4 nitrogen and oxygen atoms in total. The van der Waals surface area contributed by atoms with Crippen LogP contribution in [0.25, 0.3) is 0 Å². The van der Waals surface area contributed by atoms with Crippen molar-refractivity contribution in [3.63, 3.8) is 0 Å². The van der Waals surface area contributed by atoms with E-state index in [-0.39, 0.29) is 17.6 Å². The lowest BCUT2D eigenvalue weighted by atomic mass is 9.95. The van der Waals surface area contributed by atoms with Gasteiger partial charge in [0.2, 0.25) is 5.91 Å². The van der Waals surface area contributed by atoms with Crippen molar-refractivity contribution >= 4 is 29.1 Å². The number of nitrogens with one attached hydrogen (secondary N) is 1. The summed E-state index contributed by atoms with van der Waals surface area (Å²) in [6, 6.07) is 10.8. The van der Waals surface area contributed by atoms with Gasteiger partial charge in [-0.1, -0.05) is 23.7 Å². The molecule has 0 aromatic heterocycles. The number of carbonyl (C=O) groups excluding carboxylic acids is 2. The van der Waals surface area contributed by atoms with Crippen molar-refractivity contribution in [2.75, 3.05) is 19.4 Å². The third kappa shape index (κ3) is 3.37. The molecule has 1 N–H and O–H groups in total. The smallest absolute Gasteiger partial charge is 0.254 e. The molecule has 3 rings (SSSR count). The summed E-state index contributed by atoms with van der Waals surface area (Å²) in [4.78, 5) is 26.3. The number of rotatable bonds is 4. The average Bonchev–Trinajstić information content (AvgIpc) is 3.38. The highest BCUT2D eigenvalue weighted by Crippen LogP contribution is 2.49. The third-order valence-corrected chi connectivity index (χ3v) is 4.77. The van der Waals surface area contributed by atoms with E-state index in [4.69, 9.17) is 11.6 Å². The van der Waals surface area contributed by atoms with Gasteiger partial charge < -0.3 is 10.2 Å². The highest BCUT2D eigenvalue weighted by atomic mass is 35.5. The Kier molecular flexibility index (Phi) is 4.52. The number of benzene rings is 2. The van der Waals surface area contributed by atoms with E-state index in [1.165, 1.54) is 17.0 Å². The fourth-order valence-electron chi connectivity index (χ4n) is 2.80. The van der Waals surface area contributed by atoms with E-state index >= 15 is 0 Å².